The lowest BCUT2D eigenvalue weighted by Gasteiger charge is -2.06. The summed E-state index contributed by atoms with van der Waals surface area (Å²) < 4.78 is 0. The molecular formula is C18H34O. The first-order valence-corrected chi connectivity index (χ1v) is 8.48. The normalized spacial score (nSPS) is 11.8. The number of carbonyl (C=O) groups excluding carboxylic acids is 1. The van der Waals surface area contributed by atoms with Gasteiger partial charge in [0.1, 0.15) is 0 Å². The summed E-state index contributed by atoms with van der Waals surface area (Å²) in [5, 5.41) is 0. The fraction of sp³-hybridized carbons (Fsp3) is 0.833. The van der Waals surface area contributed by atoms with Gasteiger partial charge in [-0.3, -0.25) is 4.79 Å². The van der Waals surface area contributed by atoms with Crippen molar-refractivity contribution in [1.82, 2.24) is 0 Å². The first kappa shape index (κ1) is 18.4. The van der Waals surface area contributed by atoms with E-state index in [1.165, 1.54) is 51.4 Å². The van der Waals surface area contributed by atoms with Crippen LogP contribution in [0.1, 0.15) is 97.8 Å². The first-order chi connectivity index (χ1) is 9.26. The Morgan fingerprint density at radius 2 is 1.37 bits per heavy atom. The second kappa shape index (κ2) is 13.8. The Morgan fingerprint density at radius 1 is 0.737 bits per heavy atom. The van der Waals surface area contributed by atoms with E-state index in [1.54, 1.807) is 0 Å². The van der Waals surface area contributed by atoms with Crippen LogP contribution in [-0.4, -0.2) is 5.78 Å². The maximum Gasteiger partial charge on any atom is 0.158 e. The van der Waals surface area contributed by atoms with E-state index in [9.17, 15) is 4.79 Å². The van der Waals surface area contributed by atoms with Crippen LogP contribution in [0, 0.1) is 0 Å². The van der Waals surface area contributed by atoms with Gasteiger partial charge in [0.2, 0.25) is 0 Å². The number of rotatable bonds is 13. The molecule has 1 heteroatoms. The van der Waals surface area contributed by atoms with Crippen molar-refractivity contribution in [2.45, 2.75) is 97.8 Å². The molecule has 0 atom stereocenters. The van der Waals surface area contributed by atoms with Crippen molar-refractivity contribution >= 4 is 5.78 Å². The van der Waals surface area contributed by atoms with E-state index >= 15 is 0 Å². The van der Waals surface area contributed by atoms with Crippen molar-refractivity contribution in [2.24, 2.45) is 0 Å². The van der Waals surface area contributed by atoms with Crippen LogP contribution >= 0.6 is 0 Å². The van der Waals surface area contributed by atoms with E-state index in [1.807, 2.05) is 0 Å². The fourth-order valence-electron chi connectivity index (χ4n) is 2.33. The molecule has 0 aliphatic rings. The molecule has 1 nitrogen and oxygen atoms in total. The number of carbonyl (C=O) groups is 1. The van der Waals surface area contributed by atoms with Crippen molar-refractivity contribution < 1.29 is 4.79 Å². The average Bonchev–Trinajstić information content (AvgIpc) is 2.41. The fourth-order valence-corrected chi connectivity index (χ4v) is 2.33. The lowest BCUT2D eigenvalue weighted by molar-refractivity contribution is -0.115. The lowest BCUT2D eigenvalue weighted by atomic mass is 9.98. The second-order valence-electron chi connectivity index (χ2n) is 5.56. The highest BCUT2D eigenvalue weighted by atomic mass is 16.1. The number of hydrogen-bond donors (Lipinski definition) is 0. The maximum atomic E-state index is 12.1. The van der Waals surface area contributed by atoms with Crippen LogP contribution in [0.2, 0.25) is 0 Å². The van der Waals surface area contributed by atoms with E-state index in [0.29, 0.717) is 5.78 Å². The largest absolute Gasteiger partial charge is 0.295 e. The third kappa shape index (κ3) is 11.0. The van der Waals surface area contributed by atoms with Crippen LogP contribution in [0.5, 0.6) is 0 Å². The van der Waals surface area contributed by atoms with E-state index in [-0.39, 0.29) is 0 Å². The molecule has 0 aliphatic carbocycles. The van der Waals surface area contributed by atoms with Gasteiger partial charge in [-0.25, -0.2) is 0 Å². The molecule has 0 radical (unpaired) electrons. The summed E-state index contributed by atoms with van der Waals surface area (Å²) in [7, 11) is 0. The Bertz CT molecular complexity index is 240. The number of allylic oxidation sites excluding steroid dienone is 2. The molecule has 0 aromatic rings. The van der Waals surface area contributed by atoms with Crippen LogP contribution in [0.3, 0.4) is 0 Å². The first-order valence-electron chi connectivity index (χ1n) is 8.48. The van der Waals surface area contributed by atoms with Gasteiger partial charge in [-0.05, 0) is 37.7 Å². The van der Waals surface area contributed by atoms with Crippen molar-refractivity contribution in [3.8, 4) is 0 Å². The van der Waals surface area contributed by atoms with Gasteiger partial charge in [0.05, 0.1) is 0 Å². The Balaban J connectivity index is 4.08. The zero-order valence-corrected chi connectivity index (χ0v) is 13.5. The molecule has 112 valence electrons. The zero-order valence-electron chi connectivity index (χ0n) is 13.5. The third-order valence-electron chi connectivity index (χ3n) is 3.58. The quantitative estimate of drug-likeness (QED) is 0.285. The Morgan fingerprint density at radius 3 is 1.95 bits per heavy atom. The van der Waals surface area contributed by atoms with Gasteiger partial charge in [0.15, 0.2) is 5.78 Å². The molecule has 0 aromatic heterocycles. The zero-order chi connectivity index (χ0) is 14.3. The highest BCUT2D eigenvalue weighted by Gasteiger charge is 2.07. The molecule has 0 aromatic carbocycles. The van der Waals surface area contributed by atoms with Gasteiger partial charge in [-0.1, -0.05) is 65.4 Å². The van der Waals surface area contributed by atoms with Crippen molar-refractivity contribution in [3.63, 3.8) is 0 Å². The third-order valence-corrected chi connectivity index (χ3v) is 3.58. The Hall–Kier alpha value is -0.590. The molecule has 0 N–H and O–H groups in total. The van der Waals surface area contributed by atoms with E-state index < -0.39 is 0 Å². The van der Waals surface area contributed by atoms with Crippen molar-refractivity contribution in [1.29, 1.82) is 0 Å². The van der Waals surface area contributed by atoms with Gasteiger partial charge in [0, 0.05) is 6.42 Å². The predicted octanol–water partition coefficient (Wildman–Crippen LogP) is 6.22. The molecule has 0 amide bonds. The van der Waals surface area contributed by atoms with Crippen molar-refractivity contribution in [3.05, 3.63) is 11.6 Å². The summed E-state index contributed by atoms with van der Waals surface area (Å²) >= 11 is 0. The van der Waals surface area contributed by atoms with Crippen LogP contribution in [0.15, 0.2) is 11.6 Å². The Kier molecular flexibility index (Phi) is 13.4. The molecule has 0 bridgehead atoms. The monoisotopic (exact) mass is 266 g/mol. The smallest absolute Gasteiger partial charge is 0.158 e. The summed E-state index contributed by atoms with van der Waals surface area (Å²) in [6, 6.07) is 0. The van der Waals surface area contributed by atoms with Gasteiger partial charge in [-0.15, -0.1) is 0 Å². The summed E-state index contributed by atoms with van der Waals surface area (Å²) in [6.45, 7) is 6.56. The van der Waals surface area contributed by atoms with E-state index in [2.05, 4.69) is 26.8 Å². The summed E-state index contributed by atoms with van der Waals surface area (Å²) in [5.74, 6) is 0.398. The van der Waals surface area contributed by atoms with Gasteiger partial charge < -0.3 is 0 Å². The molecule has 0 saturated carbocycles. The highest BCUT2D eigenvalue weighted by molar-refractivity contribution is 5.95. The van der Waals surface area contributed by atoms with Crippen LogP contribution in [0.25, 0.3) is 0 Å². The average molecular weight is 266 g/mol. The molecular weight excluding hydrogens is 232 g/mol. The van der Waals surface area contributed by atoms with E-state index in [0.717, 1.165) is 31.3 Å². The lowest BCUT2D eigenvalue weighted by Crippen LogP contribution is -2.02. The molecule has 0 spiro atoms. The number of hydrogen-bond acceptors (Lipinski definition) is 1. The van der Waals surface area contributed by atoms with Gasteiger partial charge >= 0.3 is 0 Å². The maximum absolute atomic E-state index is 12.1. The van der Waals surface area contributed by atoms with E-state index in [4.69, 9.17) is 0 Å². The molecule has 0 heterocycles. The van der Waals surface area contributed by atoms with Crippen LogP contribution in [0.4, 0.5) is 0 Å². The molecule has 19 heavy (non-hydrogen) atoms. The molecule has 0 rings (SSSR count). The summed E-state index contributed by atoms with van der Waals surface area (Å²) in [5.41, 5.74) is 1.12. The van der Waals surface area contributed by atoms with Crippen molar-refractivity contribution in [2.75, 3.05) is 0 Å². The minimum Gasteiger partial charge on any atom is -0.295 e. The molecule has 0 fully saturated rings. The Labute approximate surface area is 120 Å². The number of unbranched alkanes of at least 4 members (excludes halogenated alkanes) is 7. The summed E-state index contributed by atoms with van der Waals surface area (Å²) in [6.07, 6.45) is 16.2. The minimum absolute atomic E-state index is 0.398. The molecule has 0 unspecified atom stereocenters. The van der Waals surface area contributed by atoms with Gasteiger partial charge in [0.25, 0.3) is 0 Å². The summed E-state index contributed by atoms with van der Waals surface area (Å²) in [4.78, 5) is 12.1. The SMILES string of the molecule is CCCCCC/C=C(/CCCCCC)C(=O)CCC. The highest BCUT2D eigenvalue weighted by Crippen LogP contribution is 2.16. The second-order valence-corrected chi connectivity index (χ2v) is 5.56. The predicted molar refractivity (Wildman–Crippen MR) is 85.5 cm³/mol. The topological polar surface area (TPSA) is 17.1 Å². The standard InChI is InChI=1S/C18H34O/c1-4-7-9-11-13-16-17(18(19)14-6-3)15-12-10-8-5-2/h16H,4-15H2,1-3H3/b17-16-. The van der Waals surface area contributed by atoms with Gasteiger partial charge in [-0.2, -0.15) is 0 Å². The van der Waals surface area contributed by atoms with Crippen LogP contribution < -0.4 is 0 Å². The molecule has 0 aliphatic heterocycles. The minimum atomic E-state index is 0.398. The number of Topliss-reactive ketones (excluding diaryl/α,β-unsaturated/α-hetero) is 1. The molecule has 0 saturated heterocycles. The number of ketones is 1. The van der Waals surface area contributed by atoms with Crippen LogP contribution in [-0.2, 0) is 4.79 Å².